The first-order chi connectivity index (χ1) is 6.31. The lowest BCUT2D eigenvalue weighted by atomic mass is 10.2. The largest absolute Gasteiger partial charge is 0.219 e. The molecule has 8 nitrogen and oxygen atoms in total. The molecule has 8 heteroatoms. The Kier molecular flexibility index (Phi) is 9.53. The first-order valence-corrected chi connectivity index (χ1v) is 3.61. The molecule has 0 saturated heterocycles. The van der Waals surface area contributed by atoms with Crippen molar-refractivity contribution >= 4 is 0 Å². The lowest BCUT2D eigenvalue weighted by Gasteiger charge is -2.06. The summed E-state index contributed by atoms with van der Waals surface area (Å²) in [7, 11) is 0. The second-order valence-corrected chi connectivity index (χ2v) is 2.11. The van der Waals surface area contributed by atoms with E-state index in [0.29, 0.717) is 0 Å². The van der Waals surface area contributed by atoms with E-state index in [2.05, 4.69) is 35.1 Å². The van der Waals surface area contributed by atoms with Crippen molar-refractivity contribution in [3.05, 3.63) is 0 Å². The zero-order valence-corrected chi connectivity index (χ0v) is 7.30. The molecule has 1 N–H and O–H groups in total. The van der Waals surface area contributed by atoms with Gasteiger partial charge in [-0.2, -0.15) is 0 Å². The quantitative estimate of drug-likeness (QED) is 0.338. The van der Waals surface area contributed by atoms with E-state index in [0.717, 1.165) is 12.8 Å². The van der Waals surface area contributed by atoms with Crippen molar-refractivity contribution in [2.75, 3.05) is 0 Å². The van der Waals surface area contributed by atoms with Crippen molar-refractivity contribution in [1.29, 1.82) is 0 Å². The van der Waals surface area contributed by atoms with Crippen LogP contribution < -0.4 is 0 Å². The SMILES string of the molecule is CCCC(C)OOOOOOOO. The van der Waals surface area contributed by atoms with Gasteiger partial charge in [0.25, 0.3) is 0 Å². The topological polar surface area (TPSA) is 84.8 Å². The summed E-state index contributed by atoms with van der Waals surface area (Å²) in [6, 6.07) is 0. The predicted molar refractivity (Wildman–Crippen MR) is 34.6 cm³/mol. The van der Waals surface area contributed by atoms with Crippen LogP contribution in [0.5, 0.6) is 0 Å². The highest BCUT2D eigenvalue weighted by molar-refractivity contribution is 4.42. The van der Waals surface area contributed by atoms with E-state index in [1.807, 2.05) is 6.92 Å². The molecule has 0 spiro atoms. The molecule has 0 amide bonds. The maximum atomic E-state index is 7.53. The molecule has 0 radical (unpaired) electrons. The van der Waals surface area contributed by atoms with E-state index in [4.69, 9.17) is 5.26 Å². The summed E-state index contributed by atoms with van der Waals surface area (Å²) in [5.41, 5.74) is 0. The Morgan fingerprint density at radius 1 is 1.08 bits per heavy atom. The van der Waals surface area contributed by atoms with Gasteiger partial charge in [0.2, 0.25) is 0 Å². The minimum Gasteiger partial charge on any atom is -0.219 e. The second kappa shape index (κ2) is 9.77. The van der Waals surface area contributed by atoms with Crippen LogP contribution in [0.25, 0.3) is 0 Å². The van der Waals surface area contributed by atoms with Gasteiger partial charge in [-0.25, -0.2) is 10.1 Å². The number of hydrogen-bond acceptors (Lipinski definition) is 8. The molecule has 80 valence electrons. The van der Waals surface area contributed by atoms with Gasteiger partial charge in [0.05, 0.1) is 6.10 Å². The molecule has 0 aliphatic heterocycles. The van der Waals surface area contributed by atoms with Gasteiger partial charge in [0.1, 0.15) is 0 Å². The maximum Gasteiger partial charge on any atom is 0.0934 e. The lowest BCUT2D eigenvalue weighted by Crippen LogP contribution is -2.09. The molecule has 0 aliphatic rings. The Morgan fingerprint density at radius 2 is 1.69 bits per heavy atom. The fourth-order valence-corrected chi connectivity index (χ4v) is 0.584. The van der Waals surface area contributed by atoms with Crippen LogP contribution in [-0.2, 0) is 35.1 Å². The van der Waals surface area contributed by atoms with Crippen molar-refractivity contribution in [3.8, 4) is 0 Å². The number of hydrogen-bond donors (Lipinski definition) is 1. The minimum absolute atomic E-state index is 0.136. The highest BCUT2D eigenvalue weighted by Crippen LogP contribution is 2.01. The highest BCUT2D eigenvalue weighted by atomic mass is 17.9. The number of rotatable bonds is 9. The summed E-state index contributed by atoms with van der Waals surface area (Å²) in [5, 5.41) is 28.9. The summed E-state index contributed by atoms with van der Waals surface area (Å²) in [6.07, 6.45) is 1.62. The molecular weight excluding hydrogens is 188 g/mol. The van der Waals surface area contributed by atoms with E-state index in [-0.39, 0.29) is 6.10 Å². The van der Waals surface area contributed by atoms with Gasteiger partial charge in [-0.1, -0.05) is 13.3 Å². The molecular formula is C5H12O8. The molecule has 0 aromatic rings. The minimum atomic E-state index is -0.136. The zero-order valence-electron chi connectivity index (χ0n) is 7.30. The summed E-state index contributed by atoms with van der Waals surface area (Å²) < 4.78 is 0. The Balaban J connectivity index is 2.97. The molecule has 0 heterocycles. The Morgan fingerprint density at radius 3 is 2.31 bits per heavy atom. The molecule has 0 bridgehead atoms. The van der Waals surface area contributed by atoms with E-state index < -0.39 is 0 Å². The molecule has 0 aliphatic carbocycles. The first-order valence-electron chi connectivity index (χ1n) is 3.61. The molecule has 1 atom stereocenters. The van der Waals surface area contributed by atoms with Crippen LogP contribution in [0, 0.1) is 0 Å². The highest BCUT2D eigenvalue weighted by Gasteiger charge is 2.02. The van der Waals surface area contributed by atoms with Crippen LogP contribution in [0.15, 0.2) is 0 Å². The van der Waals surface area contributed by atoms with Crippen LogP contribution in [-0.4, -0.2) is 11.4 Å². The van der Waals surface area contributed by atoms with E-state index >= 15 is 0 Å². The van der Waals surface area contributed by atoms with E-state index in [1.54, 1.807) is 6.92 Å². The molecule has 0 aromatic heterocycles. The fraction of sp³-hybridized carbons (Fsp3) is 1.00. The van der Waals surface area contributed by atoms with Gasteiger partial charge in [0, 0.05) is 0 Å². The van der Waals surface area contributed by atoms with Gasteiger partial charge >= 0.3 is 0 Å². The van der Waals surface area contributed by atoms with Gasteiger partial charge in [-0.15, -0.1) is 0 Å². The lowest BCUT2D eigenvalue weighted by molar-refractivity contribution is -0.813. The summed E-state index contributed by atoms with van der Waals surface area (Å²) >= 11 is 0. The summed E-state index contributed by atoms with van der Waals surface area (Å²) in [4.78, 5) is 4.58. The predicted octanol–water partition coefficient (Wildman–Crippen LogP) is 1.25. The fourth-order valence-electron chi connectivity index (χ4n) is 0.584. The molecule has 0 aromatic carbocycles. The third kappa shape index (κ3) is 9.60. The van der Waals surface area contributed by atoms with Crippen LogP contribution in [0.3, 0.4) is 0 Å². The van der Waals surface area contributed by atoms with Crippen LogP contribution in [0.1, 0.15) is 26.7 Å². The second-order valence-electron chi connectivity index (χ2n) is 2.11. The average Bonchev–Trinajstić information content (AvgIpc) is 2.11. The third-order valence-electron chi connectivity index (χ3n) is 1.04. The Bertz CT molecular complexity index is 98.5. The Hall–Kier alpha value is -0.320. The van der Waals surface area contributed by atoms with Gasteiger partial charge in [-0.05, 0) is 43.6 Å². The third-order valence-corrected chi connectivity index (χ3v) is 1.04. The molecule has 0 saturated carbocycles. The van der Waals surface area contributed by atoms with Gasteiger partial charge in [-0.3, -0.25) is 0 Å². The molecule has 0 rings (SSSR count). The summed E-state index contributed by atoms with van der Waals surface area (Å²) in [5.74, 6) is 0. The van der Waals surface area contributed by atoms with Gasteiger partial charge in [0.15, 0.2) is 0 Å². The zero-order chi connectivity index (χ0) is 9.94. The standard InChI is InChI=1S/C5H12O8/c1-3-4-5(2)7-9-11-13-12-10-8-6/h5-6H,3-4H2,1-2H3. The van der Waals surface area contributed by atoms with Gasteiger partial charge < -0.3 is 0 Å². The maximum absolute atomic E-state index is 7.53. The monoisotopic (exact) mass is 200 g/mol. The van der Waals surface area contributed by atoms with Crippen LogP contribution in [0.4, 0.5) is 0 Å². The van der Waals surface area contributed by atoms with Crippen molar-refractivity contribution in [2.24, 2.45) is 0 Å². The normalized spacial score (nSPS) is 13.2. The van der Waals surface area contributed by atoms with Crippen molar-refractivity contribution in [1.82, 2.24) is 0 Å². The average molecular weight is 200 g/mol. The smallest absolute Gasteiger partial charge is 0.0934 e. The first kappa shape index (κ1) is 12.7. The van der Waals surface area contributed by atoms with Crippen LogP contribution in [0.2, 0.25) is 0 Å². The van der Waals surface area contributed by atoms with Crippen molar-refractivity contribution in [2.45, 2.75) is 32.8 Å². The molecule has 13 heavy (non-hydrogen) atoms. The van der Waals surface area contributed by atoms with E-state index in [1.165, 1.54) is 0 Å². The molecule has 0 fully saturated rings. The molecule has 1 unspecified atom stereocenters. The van der Waals surface area contributed by atoms with Crippen molar-refractivity contribution < 1.29 is 40.4 Å². The van der Waals surface area contributed by atoms with Crippen molar-refractivity contribution in [3.63, 3.8) is 0 Å². The van der Waals surface area contributed by atoms with Crippen LogP contribution >= 0.6 is 0 Å². The summed E-state index contributed by atoms with van der Waals surface area (Å²) in [6.45, 7) is 3.77. The Labute approximate surface area is 74.3 Å². The van der Waals surface area contributed by atoms with E-state index in [9.17, 15) is 0 Å².